The number of carbonyl (C=O) groups is 2. The molecular weight excluding hydrogens is 493 g/mol. The van der Waals surface area contributed by atoms with Crippen LogP contribution < -0.4 is 19.7 Å². The molecule has 0 aromatic heterocycles. The molecule has 2 aromatic rings. The summed E-state index contributed by atoms with van der Waals surface area (Å²) in [4.78, 5) is 26.6. The van der Waals surface area contributed by atoms with Crippen LogP contribution in [0.25, 0.3) is 6.08 Å². The van der Waals surface area contributed by atoms with Crippen LogP contribution in [0.3, 0.4) is 0 Å². The summed E-state index contributed by atoms with van der Waals surface area (Å²) in [5.74, 6) is -0.515. The van der Waals surface area contributed by atoms with Crippen LogP contribution in [0.5, 0.6) is 11.5 Å². The number of esters is 1. The monoisotopic (exact) mass is 522 g/mol. The van der Waals surface area contributed by atoms with Crippen LogP contribution in [0.4, 0.5) is 24.5 Å². The van der Waals surface area contributed by atoms with E-state index in [0.29, 0.717) is 56.7 Å². The molecule has 0 spiro atoms. The van der Waals surface area contributed by atoms with Crippen LogP contribution >= 0.6 is 0 Å². The predicted octanol–water partition coefficient (Wildman–Crippen LogP) is 4.53. The number of amides is 1. The second kappa shape index (κ2) is 13.0. The lowest BCUT2D eigenvalue weighted by atomic mass is 10.1. The Morgan fingerprint density at radius 3 is 2.43 bits per heavy atom. The minimum Gasteiger partial charge on any atom is -0.492 e. The minimum atomic E-state index is -4.49. The molecule has 8 nitrogen and oxygen atoms in total. The number of rotatable bonds is 10. The summed E-state index contributed by atoms with van der Waals surface area (Å²) >= 11 is 0. The van der Waals surface area contributed by atoms with Gasteiger partial charge < -0.3 is 29.2 Å². The number of nitrogens with one attached hydrogen (secondary N) is 1. The fourth-order valence-electron chi connectivity index (χ4n) is 3.60. The fourth-order valence-corrected chi connectivity index (χ4v) is 3.60. The maximum Gasteiger partial charge on any atom is 0.416 e. The Morgan fingerprint density at radius 1 is 1.05 bits per heavy atom. The van der Waals surface area contributed by atoms with Gasteiger partial charge in [-0.2, -0.15) is 13.2 Å². The summed E-state index contributed by atoms with van der Waals surface area (Å²) in [6, 6.07) is 7.94. The fraction of sp³-hybridized carbons (Fsp3) is 0.385. The number of morpholine rings is 1. The highest BCUT2D eigenvalue weighted by Gasteiger charge is 2.30. The maximum atomic E-state index is 12.8. The van der Waals surface area contributed by atoms with Crippen LogP contribution in [0.15, 0.2) is 42.5 Å². The topological polar surface area (TPSA) is 86.3 Å². The minimum absolute atomic E-state index is 0.168. The van der Waals surface area contributed by atoms with Gasteiger partial charge >= 0.3 is 12.1 Å². The quantitative estimate of drug-likeness (QED) is 0.362. The Balaban J connectivity index is 1.65. The molecule has 1 heterocycles. The third kappa shape index (κ3) is 8.14. The van der Waals surface area contributed by atoms with Gasteiger partial charge in [0.1, 0.15) is 11.5 Å². The maximum absolute atomic E-state index is 12.8. The molecule has 0 bridgehead atoms. The average molecular weight is 523 g/mol. The highest BCUT2D eigenvalue weighted by atomic mass is 19.4. The van der Waals surface area contributed by atoms with Gasteiger partial charge in [0.15, 0.2) is 6.61 Å². The van der Waals surface area contributed by atoms with E-state index in [1.54, 1.807) is 12.1 Å². The van der Waals surface area contributed by atoms with Crippen LogP contribution in [0.2, 0.25) is 0 Å². The van der Waals surface area contributed by atoms with Gasteiger partial charge in [-0.05, 0) is 37.6 Å². The van der Waals surface area contributed by atoms with Crippen molar-refractivity contribution < 1.29 is 41.7 Å². The van der Waals surface area contributed by atoms with Crippen molar-refractivity contribution in [2.45, 2.75) is 20.0 Å². The summed E-state index contributed by atoms with van der Waals surface area (Å²) in [7, 11) is 0. The molecule has 3 rings (SSSR count). The molecule has 0 unspecified atom stereocenters. The number of benzene rings is 2. The number of hydrogen-bond acceptors (Lipinski definition) is 7. The summed E-state index contributed by atoms with van der Waals surface area (Å²) in [5.41, 5.74) is 0.501. The molecule has 11 heteroatoms. The van der Waals surface area contributed by atoms with Gasteiger partial charge in [-0.15, -0.1) is 0 Å². The van der Waals surface area contributed by atoms with Crippen LogP contribution in [-0.2, 0) is 25.2 Å². The van der Waals surface area contributed by atoms with Crippen molar-refractivity contribution in [1.82, 2.24) is 0 Å². The molecule has 1 aliphatic rings. The number of ether oxygens (including phenoxy) is 4. The zero-order valence-electron chi connectivity index (χ0n) is 20.6. The molecular formula is C26H29F3N2O6. The highest BCUT2D eigenvalue weighted by molar-refractivity contribution is 5.96. The van der Waals surface area contributed by atoms with E-state index < -0.39 is 30.2 Å². The van der Waals surface area contributed by atoms with Gasteiger partial charge in [0.25, 0.3) is 5.91 Å². The molecule has 1 fully saturated rings. The van der Waals surface area contributed by atoms with Gasteiger partial charge in [0, 0.05) is 31.3 Å². The predicted molar refractivity (Wildman–Crippen MR) is 132 cm³/mol. The number of hydrogen-bond donors (Lipinski definition) is 1. The number of halogens is 3. The van der Waals surface area contributed by atoms with E-state index >= 15 is 0 Å². The molecule has 0 saturated carbocycles. The van der Waals surface area contributed by atoms with Crippen LogP contribution in [-0.4, -0.2) is 58.0 Å². The van der Waals surface area contributed by atoms with Crippen molar-refractivity contribution in [3.63, 3.8) is 0 Å². The normalized spacial score (nSPS) is 13.9. The molecule has 1 aliphatic heterocycles. The Labute approximate surface area is 212 Å². The lowest BCUT2D eigenvalue weighted by Gasteiger charge is -2.31. The summed E-state index contributed by atoms with van der Waals surface area (Å²) in [6.07, 6.45) is -2.36. The van der Waals surface area contributed by atoms with Crippen LogP contribution in [0, 0.1) is 0 Å². The molecule has 1 amide bonds. The average Bonchev–Trinajstić information content (AvgIpc) is 2.88. The third-order valence-electron chi connectivity index (χ3n) is 5.26. The number of carbonyl (C=O) groups excluding carboxylic acids is 2. The summed E-state index contributed by atoms with van der Waals surface area (Å²) in [6.45, 7) is 6.36. The van der Waals surface area contributed by atoms with E-state index in [2.05, 4.69) is 10.2 Å². The second-order valence-corrected chi connectivity index (χ2v) is 7.89. The first-order chi connectivity index (χ1) is 17.7. The first-order valence-corrected chi connectivity index (χ1v) is 11.8. The number of nitrogens with zero attached hydrogens (tertiary/aromatic N) is 1. The number of alkyl halides is 3. The van der Waals surface area contributed by atoms with Crippen molar-refractivity contribution in [3.05, 3.63) is 53.6 Å². The summed E-state index contributed by atoms with van der Waals surface area (Å²) < 4.78 is 60.4. The zero-order valence-corrected chi connectivity index (χ0v) is 20.6. The molecule has 2 aromatic carbocycles. The summed E-state index contributed by atoms with van der Waals surface area (Å²) in [5, 5.41) is 2.66. The molecule has 0 radical (unpaired) electrons. The van der Waals surface area contributed by atoms with Crippen molar-refractivity contribution in [1.29, 1.82) is 0 Å². The van der Waals surface area contributed by atoms with Crippen molar-refractivity contribution >= 4 is 29.3 Å². The molecule has 1 saturated heterocycles. The first-order valence-electron chi connectivity index (χ1n) is 11.8. The van der Waals surface area contributed by atoms with E-state index in [4.69, 9.17) is 18.9 Å². The molecule has 1 N–H and O–H groups in total. The Kier molecular flexibility index (Phi) is 9.78. The Bertz CT molecular complexity index is 1110. The van der Waals surface area contributed by atoms with E-state index in [0.717, 1.165) is 23.9 Å². The van der Waals surface area contributed by atoms with Gasteiger partial charge in [0.2, 0.25) is 0 Å². The van der Waals surface area contributed by atoms with Gasteiger partial charge in [-0.3, -0.25) is 4.79 Å². The lowest BCUT2D eigenvalue weighted by Crippen LogP contribution is -2.36. The zero-order chi connectivity index (χ0) is 26.8. The van der Waals surface area contributed by atoms with Gasteiger partial charge in [-0.25, -0.2) is 4.79 Å². The van der Waals surface area contributed by atoms with E-state index in [9.17, 15) is 22.8 Å². The standard InChI is InChI=1S/C26H29F3N2O6/c1-3-35-22-16-21(31-10-12-34-13-11-31)23(36-4-2)15-20(22)30-24(32)17-37-25(33)9-8-18-6-5-7-19(14-18)26(27,28)29/h5-9,14-16H,3-4,10-13,17H2,1-2H3,(H,30,32). The van der Waals surface area contributed by atoms with Crippen molar-refractivity contribution in [2.24, 2.45) is 0 Å². The number of anilines is 2. The molecule has 37 heavy (non-hydrogen) atoms. The first kappa shape index (κ1) is 27.9. The smallest absolute Gasteiger partial charge is 0.416 e. The Hall–Kier alpha value is -3.73. The largest absolute Gasteiger partial charge is 0.492 e. The Morgan fingerprint density at radius 2 is 1.76 bits per heavy atom. The van der Waals surface area contributed by atoms with E-state index in [1.165, 1.54) is 18.2 Å². The second-order valence-electron chi connectivity index (χ2n) is 7.89. The van der Waals surface area contributed by atoms with Gasteiger partial charge in [-0.1, -0.05) is 12.1 Å². The highest BCUT2D eigenvalue weighted by Crippen LogP contribution is 2.39. The van der Waals surface area contributed by atoms with E-state index in [-0.39, 0.29) is 5.56 Å². The molecule has 200 valence electrons. The van der Waals surface area contributed by atoms with Crippen molar-refractivity contribution in [2.75, 3.05) is 56.3 Å². The third-order valence-corrected chi connectivity index (χ3v) is 5.26. The lowest BCUT2D eigenvalue weighted by molar-refractivity contribution is -0.142. The SMILES string of the molecule is CCOc1cc(N2CCOCC2)c(OCC)cc1NC(=O)COC(=O)C=Cc1cccc(C(F)(F)F)c1. The molecule has 0 aliphatic carbocycles. The van der Waals surface area contributed by atoms with Crippen molar-refractivity contribution in [3.8, 4) is 11.5 Å². The van der Waals surface area contributed by atoms with E-state index in [1.807, 2.05) is 13.8 Å². The van der Waals surface area contributed by atoms with Crippen LogP contribution in [0.1, 0.15) is 25.0 Å². The van der Waals surface area contributed by atoms with Gasteiger partial charge in [0.05, 0.1) is 43.4 Å². The molecule has 0 atom stereocenters.